The average Bonchev–Trinajstić information content (AvgIpc) is 2.43. The van der Waals surface area contributed by atoms with Crippen LogP contribution in [0.1, 0.15) is 6.92 Å². The summed E-state index contributed by atoms with van der Waals surface area (Å²) >= 11 is 5.00. The molecule has 2 aliphatic carbocycles. The summed E-state index contributed by atoms with van der Waals surface area (Å²) in [6.07, 6.45) is 0. The van der Waals surface area contributed by atoms with Crippen LogP contribution in [0.2, 0.25) is 0 Å². The van der Waals surface area contributed by atoms with E-state index < -0.39 is 0 Å². The largest absolute Gasteiger partial charge is 0.127 e. The smallest absolute Gasteiger partial charge is 0.0195 e. The molecule has 0 heterocycles. The Morgan fingerprint density at radius 1 is 1.33 bits per heavy atom. The van der Waals surface area contributed by atoms with Crippen molar-refractivity contribution in [1.29, 1.82) is 0 Å². The molecular formula is C8H9Cl. The molecule has 1 heteroatoms. The molecule has 0 unspecified atom stereocenters. The molecule has 0 bridgehead atoms. The molecular weight excluding hydrogens is 132 g/mol. The van der Waals surface area contributed by atoms with E-state index in [0.29, 0.717) is 0 Å². The molecule has 0 spiro atoms. The van der Waals surface area contributed by atoms with Gasteiger partial charge in [-0.2, -0.15) is 0 Å². The summed E-state index contributed by atoms with van der Waals surface area (Å²) < 4.78 is 0. The lowest BCUT2D eigenvalue weighted by Gasteiger charge is -1.48. The summed E-state index contributed by atoms with van der Waals surface area (Å²) in [5, 5.41) is 0. The highest BCUT2D eigenvalue weighted by Gasteiger charge is 2.06. The summed E-state index contributed by atoms with van der Waals surface area (Å²) in [7, 11) is 0. The van der Waals surface area contributed by atoms with E-state index in [4.69, 9.17) is 11.6 Å². The normalized spacial score (nSPS) is 9.56. The van der Waals surface area contributed by atoms with E-state index in [9.17, 15) is 0 Å². The molecule has 0 aromatic heterocycles. The van der Waals surface area contributed by atoms with Crippen LogP contribution >= 0.6 is 11.6 Å². The molecule has 0 amide bonds. The van der Waals surface area contributed by atoms with Crippen molar-refractivity contribution in [2.24, 2.45) is 0 Å². The van der Waals surface area contributed by atoms with Gasteiger partial charge in [0.2, 0.25) is 0 Å². The predicted octanol–water partition coefficient (Wildman–Crippen LogP) is 2.91. The summed E-state index contributed by atoms with van der Waals surface area (Å²) in [6.45, 7) is 1.89. The van der Waals surface area contributed by atoms with Crippen LogP contribution in [0.15, 0.2) is 24.3 Å². The fourth-order valence-corrected chi connectivity index (χ4v) is 0.676. The number of alkyl halides is 1. The second-order valence-electron chi connectivity index (χ2n) is 1.85. The van der Waals surface area contributed by atoms with Crippen LogP contribution < -0.4 is 0 Å². The Labute approximate surface area is 60.5 Å². The third-order valence-electron chi connectivity index (χ3n) is 1.11. The van der Waals surface area contributed by atoms with E-state index in [1.165, 1.54) is 11.1 Å². The first-order chi connectivity index (χ1) is 4.38. The summed E-state index contributed by atoms with van der Waals surface area (Å²) in [6, 6.07) is 8.48. The van der Waals surface area contributed by atoms with E-state index >= 15 is 0 Å². The number of hydrogen-bond donors (Lipinski definition) is 0. The van der Waals surface area contributed by atoms with E-state index in [1.807, 2.05) is 6.92 Å². The summed E-state index contributed by atoms with van der Waals surface area (Å²) in [4.78, 5) is 0. The second kappa shape index (κ2) is 2.88. The molecule has 0 aromatic carbocycles. The Kier molecular flexibility index (Phi) is 2.12. The van der Waals surface area contributed by atoms with Gasteiger partial charge in [0.25, 0.3) is 0 Å². The molecule has 0 saturated carbocycles. The van der Waals surface area contributed by atoms with Gasteiger partial charge in [0, 0.05) is 5.88 Å². The number of hydrogen-bond acceptors (Lipinski definition) is 0. The topological polar surface area (TPSA) is 0 Å². The minimum atomic E-state index is 0.722. The van der Waals surface area contributed by atoms with E-state index in [-0.39, 0.29) is 0 Å². The van der Waals surface area contributed by atoms with Gasteiger partial charge in [-0.05, 0) is 17.2 Å². The van der Waals surface area contributed by atoms with Crippen molar-refractivity contribution >= 4 is 11.6 Å². The highest BCUT2D eigenvalue weighted by Crippen LogP contribution is 2.32. The van der Waals surface area contributed by atoms with Crippen LogP contribution in [0.4, 0.5) is 0 Å². The van der Waals surface area contributed by atoms with E-state index in [0.717, 1.165) is 5.88 Å². The van der Waals surface area contributed by atoms with Gasteiger partial charge in [0.15, 0.2) is 0 Å². The minimum Gasteiger partial charge on any atom is -0.127 e. The molecule has 9 heavy (non-hydrogen) atoms. The molecule has 48 valence electrons. The highest BCUT2D eigenvalue weighted by molar-refractivity contribution is 6.17. The Morgan fingerprint density at radius 3 is 1.89 bits per heavy atom. The van der Waals surface area contributed by atoms with Crippen LogP contribution in [0.25, 0.3) is 11.1 Å². The molecule has 0 atom stereocenters. The maximum atomic E-state index is 5.00. The zero-order chi connectivity index (χ0) is 6.69. The molecule has 0 aliphatic heterocycles. The van der Waals surface area contributed by atoms with Gasteiger partial charge < -0.3 is 0 Å². The zero-order valence-electron chi connectivity index (χ0n) is 5.39. The minimum absolute atomic E-state index is 0.722. The maximum Gasteiger partial charge on any atom is 0.0195 e. The van der Waals surface area contributed by atoms with Crippen molar-refractivity contribution < 1.29 is 0 Å². The van der Waals surface area contributed by atoms with E-state index in [1.54, 1.807) is 0 Å². The van der Waals surface area contributed by atoms with Gasteiger partial charge >= 0.3 is 0 Å². The summed E-state index contributed by atoms with van der Waals surface area (Å²) in [5.41, 5.74) is 2.85. The van der Waals surface area contributed by atoms with Crippen LogP contribution in [0.3, 0.4) is 0 Å². The number of benzene rings is 1. The lowest BCUT2D eigenvalue weighted by atomic mass is 10.6. The monoisotopic (exact) mass is 140 g/mol. The van der Waals surface area contributed by atoms with Crippen molar-refractivity contribution in [2.45, 2.75) is 6.92 Å². The molecule has 0 radical (unpaired) electrons. The molecule has 0 N–H and O–H groups in total. The highest BCUT2D eigenvalue weighted by atomic mass is 35.5. The molecule has 2 aliphatic rings. The Morgan fingerprint density at radius 2 is 1.78 bits per heavy atom. The average molecular weight is 141 g/mol. The zero-order valence-corrected chi connectivity index (χ0v) is 6.15. The molecule has 0 aromatic rings. The van der Waals surface area contributed by atoms with Crippen molar-refractivity contribution in [3.63, 3.8) is 0 Å². The number of rotatable bonds is 0. The molecule has 0 nitrogen and oxygen atoms in total. The van der Waals surface area contributed by atoms with Crippen molar-refractivity contribution in [2.75, 3.05) is 5.88 Å². The second-order valence-corrected chi connectivity index (χ2v) is 2.38. The lowest BCUT2D eigenvalue weighted by Crippen LogP contribution is -1.36. The Bertz CT molecular complexity index is 176. The molecule has 0 fully saturated rings. The number of halogens is 1. The maximum absolute atomic E-state index is 5.00. The van der Waals surface area contributed by atoms with Gasteiger partial charge in [0.1, 0.15) is 0 Å². The van der Waals surface area contributed by atoms with Crippen molar-refractivity contribution in [3.05, 3.63) is 24.3 Å². The molecule has 2 rings (SSSR count). The molecule has 0 saturated heterocycles. The third kappa shape index (κ3) is 1.72. The van der Waals surface area contributed by atoms with Gasteiger partial charge in [-0.1, -0.05) is 25.1 Å². The quantitative estimate of drug-likeness (QED) is 0.494. The van der Waals surface area contributed by atoms with Gasteiger partial charge in [-0.15, -0.1) is 11.6 Å². The Balaban J connectivity index is 0.000000120. The fourth-order valence-electron chi connectivity index (χ4n) is 0.676. The van der Waals surface area contributed by atoms with Crippen LogP contribution in [-0.2, 0) is 0 Å². The fraction of sp³-hybridized carbons (Fsp3) is 0.250. The number of fused-ring (bicyclic) bond motifs is 1. The van der Waals surface area contributed by atoms with Gasteiger partial charge in [-0.25, -0.2) is 0 Å². The van der Waals surface area contributed by atoms with Crippen LogP contribution in [0, 0.1) is 0 Å². The first kappa shape index (κ1) is 6.63. The standard InChI is InChI=1S/C6H4.C2H5Cl/c1-2-5-4-6(5)3-1;1-2-3/h1-4H;2H2,1H3. The lowest BCUT2D eigenvalue weighted by molar-refractivity contribution is 1.51. The van der Waals surface area contributed by atoms with Crippen LogP contribution in [-0.4, -0.2) is 5.88 Å². The van der Waals surface area contributed by atoms with Crippen LogP contribution in [0.5, 0.6) is 0 Å². The SMILES string of the molecule is CCCl.c1cc2cc-2c1. The summed E-state index contributed by atoms with van der Waals surface area (Å²) in [5.74, 6) is 0.722. The van der Waals surface area contributed by atoms with Gasteiger partial charge in [-0.3, -0.25) is 0 Å². The first-order valence-corrected chi connectivity index (χ1v) is 3.58. The van der Waals surface area contributed by atoms with Crippen molar-refractivity contribution in [3.8, 4) is 11.1 Å². The van der Waals surface area contributed by atoms with E-state index in [2.05, 4.69) is 24.3 Å². The Hall–Kier alpha value is -0.490. The predicted molar refractivity (Wildman–Crippen MR) is 41.8 cm³/mol. The van der Waals surface area contributed by atoms with Crippen molar-refractivity contribution in [1.82, 2.24) is 0 Å². The third-order valence-corrected chi connectivity index (χ3v) is 1.11. The first-order valence-electron chi connectivity index (χ1n) is 3.05. The van der Waals surface area contributed by atoms with Gasteiger partial charge in [0.05, 0.1) is 0 Å².